The molecule has 7 nitrogen and oxygen atoms in total. The van der Waals surface area contributed by atoms with E-state index in [2.05, 4.69) is 0 Å². The van der Waals surface area contributed by atoms with Crippen LogP contribution in [-0.4, -0.2) is 45.0 Å². The number of hydrogen-bond donors (Lipinski definition) is 0. The molecule has 3 aromatic carbocycles. The van der Waals surface area contributed by atoms with Crippen LogP contribution in [0.4, 0.5) is 0 Å². The van der Waals surface area contributed by atoms with Gasteiger partial charge in [-0.25, -0.2) is 9.59 Å². The molecule has 172 valence electrons. The first-order valence-electron chi connectivity index (χ1n) is 10.6. The Morgan fingerprint density at radius 2 is 1.15 bits per heavy atom. The van der Waals surface area contributed by atoms with E-state index < -0.39 is 11.9 Å². The summed E-state index contributed by atoms with van der Waals surface area (Å²) in [4.78, 5) is 24.5. The molecule has 0 bridgehead atoms. The van der Waals surface area contributed by atoms with Crippen molar-refractivity contribution >= 4 is 11.9 Å². The molecule has 0 heterocycles. The van der Waals surface area contributed by atoms with E-state index in [-0.39, 0.29) is 13.2 Å². The van der Waals surface area contributed by atoms with E-state index in [9.17, 15) is 9.59 Å². The van der Waals surface area contributed by atoms with E-state index in [1.54, 1.807) is 36.4 Å². The zero-order chi connectivity index (χ0) is 23.3. The first kappa shape index (κ1) is 23.8. The van der Waals surface area contributed by atoms with E-state index in [4.69, 9.17) is 23.7 Å². The molecule has 0 aromatic heterocycles. The molecule has 0 amide bonds. The third-order valence-electron chi connectivity index (χ3n) is 4.42. The predicted octanol–water partition coefficient (Wildman–Crippen LogP) is 4.56. The van der Waals surface area contributed by atoms with Crippen LogP contribution in [0.1, 0.15) is 27.6 Å². The SMILES string of the molecule is CCOCCOc1ccc(C(=O)Oc2ccc(C(=O)OCCOc3ccccc3)cc2)cc1. The quantitative estimate of drug-likeness (QED) is 0.227. The van der Waals surface area contributed by atoms with Gasteiger partial charge in [-0.15, -0.1) is 0 Å². The third kappa shape index (κ3) is 7.97. The zero-order valence-electron chi connectivity index (χ0n) is 18.4. The van der Waals surface area contributed by atoms with Gasteiger partial charge in [-0.1, -0.05) is 18.2 Å². The average Bonchev–Trinajstić information content (AvgIpc) is 2.86. The fourth-order valence-electron chi connectivity index (χ4n) is 2.77. The van der Waals surface area contributed by atoms with Gasteiger partial charge in [-0.2, -0.15) is 0 Å². The number of carbonyl (C=O) groups is 2. The average molecular weight is 450 g/mol. The summed E-state index contributed by atoms with van der Waals surface area (Å²) in [6, 6.07) is 22.1. The highest BCUT2D eigenvalue weighted by Crippen LogP contribution is 2.17. The molecular formula is C26H26O7. The van der Waals surface area contributed by atoms with Gasteiger partial charge in [0, 0.05) is 6.61 Å². The summed E-state index contributed by atoms with van der Waals surface area (Å²) in [5.41, 5.74) is 0.733. The second-order valence-electron chi connectivity index (χ2n) is 6.78. The van der Waals surface area contributed by atoms with Crippen LogP contribution in [0.25, 0.3) is 0 Å². The summed E-state index contributed by atoms with van der Waals surface area (Å²) in [7, 11) is 0. The molecule has 0 fully saturated rings. The van der Waals surface area contributed by atoms with Gasteiger partial charge in [-0.3, -0.25) is 0 Å². The molecule has 3 rings (SSSR count). The van der Waals surface area contributed by atoms with Crippen molar-refractivity contribution in [3.05, 3.63) is 90.0 Å². The van der Waals surface area contributed by atoms with E-state index in [0.29, 0.717) is 48.2 Å². The smallest absolute Gasteiger partial charge is 0.343 e. The molecular weight excluding hydrogens is 424 g/mol. The molecule has 0 saturated carbocycles. The van der Waals surface area contributed by atoms with Crippen molar-refractivity contribution in [1.82, 2.24) is 0 Å². The molecule has 0 N–H and O–H groups in total. The van der Waals surface area contributed by atoms with Crippen molar-refractivity contribution in [2.75, 3.05) is 33.0 Å². The topological polar surface area (TPSA) is 80.3 Å². The summed E-state index contributed by atoms with van der Waals surface area (Å²) in [6.45, 7) is 3.87. The molecule has 0 aliphatic heterocycles. The standard InChI is InChI=1S/C26H26O7/c1-2-29-16-17-30-23-12-8-21(9-13-23)26(28)33-24-14-10-20(11-15-24)25(27)32-19-18-31-22-6-4-3-5-7-22/h3-15H,2,16-19H2,1H3. The van der Waals surface area contributed by atoms with Crippen molar-refractivity contribution in [3.8, 4) is 17.2 Å². The van der Waals surface area contributed by atoms with Crippen molar-refractivity contribution in [2.24, 2.45) is 0 Å². The fourth-order valence-corrected chi connectivity index (χ4v) is 2.77. The lowest BCUT2D eigenvalue weighted by molar-refractivity contribution is 0.0450. The van der Waals surface area contributed by atoms with E-state index >= 15 is 0 Å². The van der Waals surface area contributed by atoms with Crippen LogP contribution in [0.15, 0.2) is 78.9 Å². The number of hydrogen-bond acceptors (Lipinski definition) is 7. The van der Waals surface area contributed by atoms with Gasteiger partial charge >= 0.3 is 11.9 Å². The zero-order valence-corrected chi connectivity index (χ0v) is 18.4. The highest BCUT2D eigenvalue weighted by molar-refractivity contribution is 5.92. The molecule has 0 aliphatic carbocycles. The van der Waals surface area contributed by atoms with Crippen molar-refractivity contribution in [2.45, 2.75) is 6.92 Å². The number of carbonyl (C=O) groups excluding carboxylic acids is 2. The van der Waals surface area contributed by atoms with E-state index in [0.717, 1.165) is 0 Å². The lowest BCUT2D eigenvalue weighted by Crippen LogP contribution is -2.12. The molecule has 0 aliphatic rings. The van der Waals surface area contributed by atoms with Gasteiger partial charge in [0.2, 0.25) is 0 Å². The van der Waals surface area contributed by atoms with Crippen LogP contribution in [-0.2, 0) is 9.47 Å². The highest BCUT2D eigenvalue weighted by Gasteiger charge is 2.11. The third-order valence-corrected chi connectivity index (χ3v) is 4.42. The van der Waals surface area contributed by atoms with Crippen molar-refractivity contribution in [3.63, 3.8) is 0 Å². The molecule has 3 aromatic rings. The van der Waals surface area contributed by atoms with Gasteiger partial charge in [0.15, 0.2) is 0 Å². The number of benzene rings is 3. The molecule has 0 spiro atoms. The fraction of sp³-hybridized carbons (Fsp3) is 0.231. The van der Waals surface area contributed by atoms with Gasteiger partial charge in [-0.05, 0) is 67.6 Å². The monoisotopic (exact) mass is 450 g/mol. The second kappa shape index (κ2) is 12.9. The van der Waals surface area contributed by atoms with E-state index in [1.807, 2.05) is 37.3 Å². The molecule has 0 saturated heterocycles. The van der Waals surface area contributed by atoms with Crippen LogP contribution in [0, 0.1) is 0 Å². The Hall–Kier alpha value is -3.84. The number of ether oxygens (including phenoxy) is 5. The first-order chi connectivity index (χ1) is 16.2. The Morgan fingerprint density at radius 1 is 0.606 bits per heavy atom. The molecule has 7 heteroatoms. The van der Waals surface area contributed by atoms with Crippen LogP contribution in [0.5, 0.6) is 17.2 Å². The summed E-state index contributed by atoms with van der Waals surface area (Å²) in [5, 5.41) is 0. The van der Waals surface area contributed by atoms with Crippen LogP contribution < -0.4 is 14.2 Å². The van der Waals surface area contributed by atoms with Crippen LogP contribution >= 0.6 is 0 Å². The Labute approximate surface area is 192 Å². The maximum absolute atomic E-state index is 12.3. The minimum Gasteiger partial charge on any atom is -0.491 e. The maximum atomic E-state index is 12.3. The minimum absolute atomic E-state index is 0.121. The van der Waals surface area contributed by atoms with Crippen molar-refractivity contribution < 1.29 is 33.3 Å². The summed E-state index contributed by atoms with van der Waals surface area (Å²) in [6.07, 6.45) is 0. The largest absolute Gasteiger partial charge is 0.491 e. The lowest BCUT2D eigenvalue weighted by atomic mass is 10.2. The Bertz CT molecular complexity index is 999. The molecule has 33 heavy (non-hydrogen) atoms. The number of rotatable bonds is 12. The molecule has 0 unspecified atom stereocenters. The highest BCUT2D eigenvalue weighted by atomic mass is 16.6. The number of esters is 2. The summed E-state index contributed by atoms with van der Waals surface area (Å²) >= 11 is 0. The lowest BCUT2D eigenvalue weighted by Gasteiger charge is -2.09. The van der Waals surface area contributed by atoms with Gasteiger partial charge in [0.1, 0.15) is 37.1 Å². The van der Waals surface area contributed by atoms with Gasteiger partial charge < -0.3 is 23.7 Å². The normalized spacial score (nSPS) is 10.3. The van der Waals surface area contributed by atoms with Crippen LogP contribution in [0.3, 0.4) is 0 Å². The maximum Gasteiger partial charge on any atom is 0.343 e. The van der Waals surface area contributed by atoms with Gasteiger partial charge in [0.25, 0.3) is 0 Å². The second-order valence-corrected chi connectivity index (χ2v) is 6.78. The summed E-state index contributed by atoms with van der Waals surface area (Å²) < 4.78 is 26.8. The Kier molecular flexibility index (Phi) is 9.29. The van der Waals surface area contributed by atoms with E-state index in [1.165, 1.54) is 12.1 Å². The molecule has 0 atom stereocenters. The van der Waals surface area contributed by atoms with Crippen molar-refractivity contribution in [1.29, 1.82) is 0 Å². The first-order valence-corrected chi connectivity index (χ1v) is 10.6. The number of para-hydroxylation sites is 1. The van der Waals surface area contributed by atoms with Crippen LogP contribution in [0.2, 0.25) is 0 Å². The summed E-state index contributed by atoms with van der Waals surface area (Å²) in [5.74, 6) is 0.682. The predicted molar refractivity (Wildman–Crippen MR) is 122 cm³/mol. The van der Waals surface area contributed by atoms with Gasteiger partial charge in [0.05, 0.1) is 17.7 Å². The molecule has 0 radical (unpaired) electrons. The Balaban J connectivity index is 1.42. The Morgan fingerprint density at radius 3 is 1.79 bits per heavy atom. The minimum atomic E-state index is -0.510.